The molecule has 4 heteroatoms. The molecule has 0 atom stereocenters. The lowest BCUT2D eigenvalue weighted by atomic mass is 10.1. The van der Waals surface area contributed by atoms with E-state index < -0.39 is 0 Å². The first-order valence-electron chi connectivity index (χ1n) is 4.49. The van der Waals surface area contributed by atoms with Gasteiger partial charge in [0.15, 0.2) is 0 Å². The van der Waals surface area contributed by atoms with Gasteiger partial charge in [-0.2, -0.15) is 0 Å². The van der Waals surface area contributed by atoms with Crippen LogP contribution < -0.4 is 0 Å². The van der Waals surface area contributed by atoms with Crippen molar-refractivity contribution < 1.29 is 9.53 Å². The average Bonchev–Trinajstić information content (AvgIpc) is 2.68. The van der Waals surface area contributed by atoms with E-state index in [4.69, 9.17) is 4.74 Å². The van der Waals surface area contributed by atoms with Gasteiger partial charge in [0.05, 0.1) is 6.33 Å². The van der Waals surface area contributed by atoms with E-state index in [1.807, 2.05) is 17.8 Å². The van der Waals surface area contributed by atoms with E-state index in [0.717, 1.165) is 23.3 Å². The second-order valence-electron chi connectivity index (χ2n) is 3.48. The fraction of sp³-hybridized carbons (Fsp3) is 0.400. The second-order valence-corrected chi connectivity index (χ2v) is 3.48. The van der Waals surface area contributed by atoms with E-state index in [0.29, 0.717) is 6.61 Å². The monoisotopic (exact) mass is 192 g/mol. The number of hydrogen-bond donors (Lipinski definition) is 0. The number of aryl methyl sites for hydroxylation is 1. The topological polar surface area (TPSA) is 44.1 Å². The van der Waals surface area contributed by atoms with E-state index in [1.165, 1.54) is 0 Å². The zero-order valence-corrected chi connectivity index (χ0v) is 8.28. The first-order chi connectivity index (χ1) is 6.68. The zero-order chi connectivity index (χ0) is 10.1. The molecule has 1 aliphatic rings. The molecule has 0 amide bonds. The van der Waals surface area contributed by atoms with Crippen LogP contribution in [0.4, 0.5) is 0 Å². The molecule has 0 spiro atoms. The molecule has 4 nitrogen and oxygen atoms in total. The molecule has 0 N–H and O–H groups in total. The minimum Gasteiger partial charge on any atom is -0.458 e. The molecule has 1 aromatic heterocycles. The Morgan fingerprint density at radius 3 is 2.93 bits per heavy atom. The average molecular weight is 192 g/mol. The number of hydrogen-bond acceptors (Lipinski definition) is 3. The summed E-state index contributed by atoms with van der Waals surface area (Å²) in [7, 11) is 1.94. The van der Waals surface area contributed by atoms with Gasteiger partial charge in [-0.1, -0.05) is 0 Å². The smallest absolute Gasteiger partial charge is 0.334 e. The Kier molecular flexibility index (Phi) is 2.11. The molecular weight excluding hydrogens is 180 g/mol. The second kappa shape index (κ2) is 3.29. The quantitative estimate of drug-likeness (QED) is 0.652. The van der Waals surface area contributed by atoms with Crippen molar-refractivity contribution in [3.05, 3.63) is 29.4 Å². The number of nitrogens with zero attached hydrogens (tertiary/aromatic N) is 2. The third-order valence-electron chi connectivity index (χ3n) is 2.52. The summed E-state index contributed by atoms with van der Waals surface area (Å²) in [5, 5.41) is 0. The van der Waals surface area contributed by atoms with Crippen molar-refractivity contribution >= 4 is 5.97 Å². The highest BCUT2D eigenvalue weighted by atomic mass is 16.5. The van der Waals surface area contributed by atoms with Crippen molar-refractivity contribution in [2.75, 3.05) is 6.61 Å². The zero-order valence-electron chi connectivity index (χ0n) is 8.28. The molecular formula is C10H12N2O2. The van der Waals surface area contributed by atoms with E-state index in [-0.39, 0.29) is 5.97 Å². The maximum atomic E-state index is 11.1. The summed E-state index contributed by atoms with van der Waals surface area (Å²) in [6.07, 6.45) is 4.31. The minimum atomic E-state index is -0.192. The highest BCUT2D eigenvalue weighted by Gasteiger charge is 2.21. The molecule has 0 saturated carbocycles. The SMILES string of the molecule is CC1=C(Cc2cncn2C)COC1=O. The lowest BCUT2D eigenvalue weighted by Crippen LogP contribution is -1.99. The van der Waals surface area contributed by atoms with Gasteiger partial charge in [-0.3, -0.25) is 0 Å². The summed E-state index contributed by atoms with van der Waals surface area (Å²) < 4.78 is 6.87. The molecule has 1 aromatic rings. The van der Waals surface area contributed by atoms with Crippen LogP contribution in [-0.4, -0.2) is 22.1 Å². The molecule has 2 heterocycles. The minimum absolute atomic E-state index is 0.192. The molecule has 14 heavy (non-hydrogen) atoms. The fourth-order valence-corrected chi connectivity index (χ4v) is 1.47. The van der Waals surface area contributed by atoms with E-state index >= 15 is 0 Å². The third-order valence-corrected chi connectivity index (χ3v) is 2.52. The standard InChI is InChI=1S/C10H12N2O2/c1-7-8(5-14-10(7)13)3-9-4-11-6-12(9)2/h4,6H,3,5H2,1-2H3. The van der Waals surface area contributed by atoms with Crippen LogP contribution in [0.5, 0.6) is 0 Å². The van der Waals surface area contributed by atoms with Crippen molar-refractivity contribution in [1.29, 1.82) is 0 Å². The molecule has 0 fully saturated rings. The van der Waals surface area contributed by atoms with Crippen LogP contribution in [0.15, 0.2) is 23.7 Å². The maximum absolute atomic E-state index is 11.1. The van der Waals surface area contributed by atoms with E-state index in [2.05, 4.69) is 4.98 Å². The number of cyclic esters (lactones) is 1. The van der Waals surface area contributed by atoms with Crippen LogP contribution in [0, 0.1) is 0 Å². The van der Waals surface area contributed by atoms with Gasteiger partial charge in [-0.05, 0) is 12.5 Å². The Balaban J connectivity index is 2.20. The largest absolute Gasteiger partial charge is 0.458 e. The van der Waals surface area contributed by atoms with Crippen molar-refractivity contribution in [2.24, 2.45) is 7.05 Å². The van der Waals surface area contributed by atoms with Gasteiger partial charge in [0, 0.05) is 30.9 Å². The van der Waals surface area contributed by atoms with Crippen molar-refractivity contribution in [1.82, 2.24) is 9.55 Å². The molecule has 1 aliphatic heterocycles. The number of rotatable bonds is 2. The van der Waals surface area contributed by atoms with Crippen LogP contribution in [0.3, 0.4) is 0 Å². The number of carbonyl (C=O) groups is 1. The van der Waals surface area contributed by atoms with Gasteiger partial charge in [0.1, 0.15) is 6.61 Å². The number of ether oxygens (including phenoxy) is 1. The number of imidazole rings is 1. The Morgan fingerprint density at radius 1 is 1.64 bits per heavy atom. The van der Waals surface area contributed by atoms with Crippen LogP contribution in [0.2, 0.25) is 0 Å². The Morgan fingerprint density at radius 2 is 2.43 bits per heavy atom. The van der Waals surface area contributed by atoms with Gasteiger partial charge in [0.25, 0.3) is 0 Å². The number of esters is 1. The van der Waals surface area contributed by atoms with Crippen molar-refractivity contribution in [3.63, 3.8) is 0 Å². The first-order valence-corrected chi connectivity index (χ1v) is 4.49. The molecule has 0 aromatic carbocycles. The highest BCUT2D eigenvalue weighted by molar-refractivity contribution is 5.91. The number of aromatic nitrogens is 2. The summed E-state index contributed by atoms with van der Waals surface area (Å²) in [5.74, 6) is -0.192. The van der Waals surface area contributed by atoms with Crippen molar-refractivity contribution in [3.8, 4) is 0 Å². The molecule has 0 unspecified atom stereocenters. The summed E-state index contributed by atoms with van der Waals surface area (Å²) >= 11 is 0. The predicted molar refractivity (Wildman–Crippen MR) is 50.6 cm³/mol. The molecule has 0 saturated heterocycles. The molecule has 74 valence electrons. The Bertz CT molecular complexity index is 404. The van der Waals surface area contributed by atoms with Gasteiger partial charge in [-0.25, -0.2) is 9.78 Å². The fourth-order valence-electron chi connectivity index (χ4n) is 1.47. The van der Waals surface area contributed by atoms with Crippen LogP contribution >= 0.6 is 0 Å². The normalized spacial score (nSPS) is 16.3. The molecule has 2 rings (SSSR count). The summed E-state index contributed by atoms with van der Waals surface area (Å²) in [6, 6.07) is 0. The first kappa shape index (κ1) is 8.99. The van der Waals surface area contributed by atoms with Crippen molar-refractivity contribution in [2.45, 2.75) is 13.3 Å². The van der Waals surface area contributed by atoms with Gasteiger partial charge in [0.2, 0.25) is 0 Å². The molecule has 0 aliphatic carbocycles. The third kappa shape index (κ3) is 1.43. The summed E-state index contributed by atoms with van der Waals surface area (Å²) in [6.45, 7) is 2.23. The van der Waals surface area contributed by atoms with Crippen LogP contribution in [-0.2, 0) is 23.0 Å². The lowest BCUT2D eigenvalue weighted by Gasteiger charge is -2.01. The van der Waals surface area contributed by atoms with Crippen LogP contribution in [0.25, 0.3) is 0 Å². The predicted octanol–water partition coefficient (Wildman–Crippen LogP) is 0.836. The van der Waals surface area contributed by atoms with Gasteiger partial charge in [-0.15, -0.1) is 0 Å². The van der Waals surface area contributed by atoms with Crippen LogP contribution in [0.1, 0.15) is 12.6 Å². The van der Waals surface area contributed by atoms with E-state index in [1.54, 1.807) is 13.3 Å². The lowest BCUT2D eigenvalue weighted by molar-refractivity contribution is -0.135. The molecule has 0 radical (unpaired) electrons. The number of carbonyl (C=O) groups excluding carboxylic acids is 1. The maximum Gasteiger partial charge on any atom is 0.334 e. The van der Waals surface area contributed by atoms with Gasteiger partial charge < -0.3 is 9.30 Å². The highest BCUT2D eigenvalue weighted by Crippen LogP contribution is 2.18. The Hall–Kier alpha value is -1.58. The molecule has 0 bridgehead atoms. The van der Waals surface area contributed by atoms with Gasteiger partial charge >= 0.3 is 5.97 Å². The summed E-state index contributed by atoms with van der Waals surface area (Å²) in [5.41, 5.74) is 2.89. The Labute approximate surface area is 82.2 Å². The summed E-state index contributed by atoms with van der Waals surface area (Å²) in [4.78, 5) is 15.1. The van der Waals surface area contributed by atoms with E-state index in [9.17, 15) is 4.79 Å².